The summed E-state index contributed by atoms with van der Waals surface area (Å²) < 4.78 is 1.85. The summed E-state index contributed by atoms with van der Waals surface area (Å²) in [5.74, 6) is -0.412. The molecule has 24 heavy (non-hydrogen) atoms. The molecule has 0 saturated heterocycles. The average Bonchev–Trinajstić information content (AvgIpc) is 2.91. The first-order valence-electron chi connectivity index (χ1n) is 7.38. The minimum atomic E-state index is -0.412. The smallest absolute Gasteiger partial charge is 0.265 e. The molecule has 1 aromatic carbocycles. The maximum atomic E-state index is 11.9. The summed E-state index contributed by atoms with van der Waals surface area (Å²) in [5.41, 5.74) is 6.25. The van der Waals surface area contributed by atoms with Crippen LogP contribution in [0.25, 0.3) is 5.69 Å². The highest BCUT2D eigenvalue weighted by molar-refractivity contribution is 5.93. The molecule has 3 rings (SSSR count). The number of carbonyl (C=O) groups is 1. The number of nitrogens with zero attached hydrogens (tertiary/aromatic N) is 5. The summed E-state index contributed by atoms with van der Waals surface area (Å²) in [4.78, 5) is 19.7. The zero-order chi connectivity index (χ0) is 16.9. The summed E-state index contributed by atoms with van der Waals surface area (Å²) in [6.45, 7) is 3.86. The number of para-hydroxylation sites is 1. The second-order valence-electron chi connectivity index (χ2n) is 5.12. The Bertz CT molecular complexity index is 871. The Hall–Kier alpha value is -3.35. The maximum Gasteiger partial charge on any atom is 0.291 e. The van der Waals surface area contributed by atoms with Gasteiger partial charge in [0.25, 0.3) is 5.91 Å². The van der Waals surface area contributed by atoms with E-state index in [4.69, 9.17) is 0 Å². The van der Waals surface area contributed by atoms with Gasteiger partial charge < -0.3 is 0 Å². The van der Waals surface area contributed by atoms with Crippen molar-refractivity contribution in [1.82, 2.24) is 25.2 Å². The lowest BCUT2D eigenvalue weighted by atomic mass is 10.2. The predicted molar refractivity (Wildman–Crippen MR) is 90.1 cm³/mol. The van der Waals surface area contributed by atoms with Gasteiger partial charge in [0.15, 0.2) is 0 Å². The minimum Gasteiger partial charge on any atom is -0.265 e. The van der Waals surface area contributed by atoms with E-state index in [0.717, 1.165) is 22.6 Å². The molecule has 2 aromatic heterocycles. The summed E-state index contributed by atoms with van der Waals surface area (Å²) in [6.07, 6.45) is 5.93. The molecule has 0 spiro atoms. The van der Waals surface area contributed by atoms with Crippen molar-refractivity contribution in [3.63, 3.8) is 0 Å². The van der Waals surface area contributed by atoms with Gasteiger partial charge in [-0.1, -0.05) is 18.2 Å². The Morgan fingerprint density at radius 1 is 1.21 bits per heavy atom. The lowest BCUT2D eigenvalue weighted by Gasteiger charge is -2.03. The molecule has 0 bridgehead atoms. The van der Waals surface area contributed by atoms with Crippen LogP contribution in [0.1, 0.15) is 27.4 Å². The first kappa shape index (κ1) is 15.5. The summed E-state index contributed by atoms with van der Waals surface area (Å²) in [5, 5.41) is 8.53. The second-order valence-corrected chi connectivity index (χ2v) is 5.12. The maximum absolute atomic E-state index is 11.9. The molecule has 0 unspecified atom stereocenters. The van der Waals surface area contributed by atoms with E-state index in [1.807, 2.05) is 48.9 Å². The van der Waals surface area contributed by atoms with E-state index >= 15 is 0 Å². The molecular weight excluding hydrogens is 304 g/mol. The van der Waals surface area contributed by atoms with Crippen LogP contribution in [0.2, 0.25) is 0 Å². The lowest BCUT2D eigenvalue weighted by Crippen LogP contribution is -2.19. The van der Waals surface area contributed by atoms with Crippen LogP contribution in [-0.2, 0) is 0 Å². The predicted octanol–water partition coefficient (Wildman–Crippen LogP) is 2.04. The topological polar surface area (TPSA) is 85.1 Å². The fourth-order valence-corrected chi connectivity index (χ4v) is 2.29. The van der Waals surface area contributed by atoms with Gasteiger partial charge >= 0.3 is 0 Å². The highest BCUT2D eigenvalue weighted by Crippen LogP contribution is 2.15. The molecule has 3 aromatic rings. The Morgan fingerprint density at radius 3 is 2.71 bits per heavy atom. The van der Waals surface area contributed by atoms with Crippen LogP contribution in [0.15, 0.2) is 54.0 Å². The molecule has 0 aliphatic rings. The van der Waals surface area contributed by atoms with Gasteiger partial charge in [0.1, 0.15) is 5.69 Å². The molecule has 0 fully saturated rings. The Morgan fingerprint density at radius 2 is 2.00 bits per heavy atom. The van der Waals surface area contributed by atoms with E-state index in [9.17, 15) is 4.79 Å². The molecule has 1 amide bonds. The Balaban J connectivity index is 1.78. The highest BCUT2D eigenvalue weighted by Gasteiger charge is 2.11. The van der Waals surface area contributed by atoms with E-state index in [2.05, 4.69) is 25.6 Å². The van der Waals surface area contributed by atoms with Crippen LogP contribution >= 0.6 is 0 Å². The molecule has 2 heterocycles. The van der Waals surface area contributed by atoms with Crippen LogP contribution in [0.5, 0.6) is 0 Å². The number of hydrogen-bond donors (Lipinski definition) is 1. The summed E-state index contributed by atoms with van der Waals surface area (Å²) in [6, 6.07) is 9.84. The molecule has 1 N–H and O–H groups in total. The molecule has 0 saturated carbocycles. The molecular formula is C17H16N6O. The van der Waals surface area contributed by atoms with Gasteiger partial charge in [-0.2, -0.15) is 10.2 Å². The van der Waals surface area contributed by atoms with Crippen molar-refractivity contribution in [2.24, 2.45) is 5.10 Å². The summed E-state index contributed by atoms with van der Waals surface area (Å²) >= 11 is 0. The van der Waals surface area contributed by atoms with Gasteiger partial charge in [-0.15, -0.1) is 0 Å². The molecule has 0 aliphatic carbocycles. The molecule has 7 heteroatoms. The summed E-state index contributed by atoms with van der Waals surface area (Å²) in [7, 11) is 0. The number of amides is 1. The fourth-order valence-electron chi connectivity index (χ4n) is 2.29. The van der Waals surface area contributed by atoms with Crippen molar-refractivity contribution in [2.45, 2.75) is 13.8 Å². The second kappa shape index (κ2) is 6.82. The van der Waals surface area contributed by atoms with Crippen LogP contribution in [-0.4, -0.2) is 31.9 Å². The van der Waals surface area contributed by atoms with Gasteiger partial charge in [0.2, 0.25) is 0 Å². The van der Waals surface area contributed by atoms with Gasteiger partial charge in [-0.3, -0.25) is 9.78 Å². The van der Waals surface area contributed by atoms with Crippen LogP contribution < -0.4 is 5.43 Å². The van der Waals surface area contributed by atoms with Gasteiger partial charge in [-0.05, 0) is 26.0 Å². The Kier molecular flexibility index (Phi) is 4.42. The first-order valence-corrected chi connectivity index (χ1v) is 7.38. The van der Waals surface area contributed by atoms with E-state index < -0.39 is 5.91 Å². The van der Waals surface area contributed by atoms with Crippen molar-refractivity contribution < 1.29 is 4.79 Å². The fraction of sp³-hybridized carbons (Fsp3) is 0.118. The van der Waals surface area contributed by atoms with Crippen molar-refractivity contribution in [1.29, 1.82) is 0 Å². The van der Waals surface area contributed by atoms with Crippen molar-refractivity contribution in [3.8, 4) is 5.69 Å². The van der Waals surface area contributed by atoms with E-state index in [1.54, 1.807) is 6.21 Å². The number of aryl methyl sites for hydroxylation is 1. The number of benzene rings is 1. The zero-order valence-corrected chi connectivity index (χ0v) is 13.3. The van der Waals surface area contributed by atoms with Gasteiger partial charge in [0.05, 0.1) is 29.5 Å². The van der Waals surface area contributed by atoms with E-state index in [0.29, 0.717) is 0 Å². The normalized spacial score (nSPS) is 10.9. The third kappa shape index (κ3) is 3.19. The monoisotopic (exact) mass is 320 g/mol. The Labute approximate surface area is 139 Å². The molecule has 0 aliphatic heterocycles. The number of hydrogen-bond acceptors (Lipinski definition) is 5. The molecule has 120 valence electrons. The highest BCUT2D eigenvalue weighted by atomic mass is 16.2. The molecule has 0 atom stereocenters. The minimum absolute atomic E-state index is 0.211. The number of nitrogens with one attached hydrogen (secondary N) is 1. The number of aromatic nitrogens is 4. The SMILES string of the molecule is Cc1nn(-c2ccccc2)c(C)c1/C=N\NC(=O)c1cnccn1. The zero-order valence-electron chi connectivity index (χ0n) is 13.3. The van der Waals surface area contributed by atoms with E-state index in [1.165, 1.54) is 18.6 Å². The first-order chi connectivity index (χ1) is 11.7. The molecule has 0 radical (unpaired) electrons. The number of rotatable bonds is 4. The number of carbonyl (C=O) groups excluding carboxylic acids is 1. The average molecular weight is 320 g/mol. The third-order valence-corrected chi connectivity index (χ3v) is 3.50. The third-order valence-electron chi connectivity index (χ3n) is 3.50. The van der Waals surface area contributed by atoms with Crippen molar-refractivity contribution in [2.75, 3.05) is 0 Å². The van der Waals surface area contributed by atoms with Crippen LogP contribution in [0.3, 0.4) is 0 Å². The lowest BCUT2D eigenvalue weighted by molar-refractivity contribution is 0.0949. The molecule has 7 nitrogen and oxygen atoms in total. The number of hydrazone groups is 1. The standard InChI is InChI=1S/C17H16N6O/c1-12-15(10-20-21-17(24)16-11-18-8-9-19-16)13(2)23(22-12)14-6-4-3-5-7-14/h3-11H,1-2H3,(H,21,24)/b20-10-. The van der Waals surface area contributed by atoms with E-state index in [-0.39, 0.29) is 5.69 Å². The quantitative estimate of drug-likeness (QED) is 0.589. The van der Waals surface area contributed by atoms with Gasteiger partial charge in [-0.25, -0.2) is 15.1 Å². The largest absolute Gasteiger partial charge is 0.291 e. The van der Waals surface area contributed by atoms with Crippen LogP contribution in [0, 0.1) is 13.8 Å². The van der Waals surface area contributed by atoms with Crippen molar-refractivity contribution in [3.05, 3.63) is 71.6 Å². The van der Waals surface area contributed by atoms with Crippen molar-refractivity contribution >= 4 is 12.1 Å². The van der Waals surface area contributed by atoms with Gasteiger partial charge in [0, 0.05) is 18.0 Å². The van der Waals surface area contributed by atoms with Crippen LogP contribution in [0.4, 0.5) is 0 Å².